The van der Waals surface area contributed by atoms with Crippen molar-refractivity contribution in [3.05, 3.63) is 0 Å². The second-order valence-corrected chi connectivity index (χ2v) is 4.66. The van der Waals surface area contributed by atoms with Crippen LogP contribution in [0.5, 0.6) is 0 Å². The van der Waals surface area contributed by atoms with E-state index in [1.54, 1.807) is 0 Å². The Morgan fingerprint density at radius 1 is 1.00 bits per heavy atom. The molecule has 0 atom stereocenters. The smallest absolute Gasteiger partial charge is 0.0150 e. The van der Waals surface area contributed by atoms with E-state index in [-0.39, 0.29) is 0 Å². The fourth-order valence-electron chi connectivity index (χ4n) is 2.21. The van der Waals surface area contributed by atoms with Crippen molar-refractivity contribution < 1.29 is 0 Å². The maximum absolute atomic E-state index is 3.44. The Hall–Kier alpha value is -0.0400. The van der Waals surface area contributed by atoms with Gasteiger partial charge in [-0.25, -0.2) is 0 Å². The van der Waals surface area contributed by atoms with E-state index in [1.165, 1.54) is 38.5 Å². The summed E-state index contributed by atoms with van der Waals surface area (Å²) < 4.78 is 0. The minimum Gasteiger partial charge on any atom is -0.315 e. The highest BCUT2D eigenvalue weighted by Gasteiger charge is 2.27. The summed E-state index contributed by atoms with van der Waals surface area (Å²) in [5.74, 6) is 0.894. The Morgan fingerprint density at radius 2 is 1.50 bits per heavy atom. The van der Waals surface area contributed by atoms with Crippen molar-refractivity contribution in [3.8, 4) is 0 Å². The Bertz CT molecular complexity index is 121. The summed E-state index contributed by atoms with van der Waals surface area (Å²) in [6.45, 7) is 4.67. The molecule has 0 aromatic rings. The molecule has 0 heterocycles. The number of rotatable bonds is 2. The largest absolute Gasteiger partial charge is 0.315 e. The van der Waals surface area contributed by atoms with Gasteiger partial charge in [0.05, 0.1) is 0 Å². The molecule has 0 aromatic heterocycles. The SMILES string of the molecule is CNC(C)(C)C1CCCCCC1. The van der Waals surface area contributed by atoms with Crippen molar-refractivity contribution in [1.82, 2.24) is 5.32 Å². The van der Waals surface area contributed by atoms with E-state index in [0.29, 0.717) is 5.54 Å². The number of nitrogens with one attached hydrogen (secondary N) is 1. The molecule has 0 amide bonds. The van der Waals surface area contributed by atoms with Crippen LogP contribution in [0.15, 0.2) is 0 Å². The van der Waals surface area contributed by atoms with E-state index in [4.69, 9.17) is 0 Å². The predicted molar refractivity (Wildman–Crippen MR) is 54.3 cm³/mol. The quantitative estimate of drug-likeness (QED) is 0.627. The summed E-state index contributed by atoms with van der Waals surface area (Å²) in [4.78, 5) is 0. The average molecular weight is 169 g/mol. The van der Waals surface area contributed by atoms with Crippen molar-refractivity contribution in [1.29, 1.82) is 0 Å². The molecule has 1 N–H and O–H groups in total. The van der Waals surface area contributed by atoms with Gasteiger partial charge in [-0.1, -0.05) is 25.7 Å². The minimum atomic E-state index is 0.352. The maximum atomic E-state index is 3.44. The highest BCUT2D eigenvalue weighted by molar-refractivity contribution is 4.85. The average Bonchev–Trinajstić information content (AvgIpc) is 2.32. The lowest BCUT2D eigenvalue weighted by Gasteiger charge is -2.33. The molecule has 0 bridgehead atoms. The molecule has 1 heteroatoms. The molecule has 0 saturated heterocycles. The summed E-state index contributed by atoms with van der Waals surface area (Å²) >= 11 is 0. The standard InChI is InChI=1S/C11H23N/c1-11(2,12-3)10-8-6-4-5-7-9-10/h10,12H,4-9H2,1-3H3. The fraction of sp³-hybridized carbons (Fsp3) is 1.00. The highest BCUT2D eigenvalue weighted by Crippen LogP contribution is 2.30. The summed E-state index contributed by atoms with van der Waals surface area (Å²) in [6.07, 6.45) is 8.64. The van der Waals surface area contributed by atoms with Gasteiger partial charge in [0.15, 0.2) is 0 Å². The summed E-state index contributed by atoms with van der Waals surface area (Å²) in [5.41, 5.74) is 0.352. The van der Waals surface area contributed by atoms with Gasteiger partial charge in [-0.15, -0.1) is 0 Å². The third-order valence-corrected chi connectivity index (χ3v) is 3.52. The van der Waals surface area contributed by atoms with Crippen LogP contribution < -0.4 is 5.32 Å². The van der Waals surface area contributed by atoms with E-state index in [2.05, 4.69) is 26.2 Å². The molecule has 1 saturated carbocycles. The first kappa shape index (κ1) is 10.0. The van der Waals surface area contributed by atoms with Crippen LogP contribution in [0.3, 0.4) is 0 Å². The van der Waals surface area contributed by atoms with Gasteiger partial charge in [0.2, 0.25) is 0 Å². The van der Waals surface area contributed by atoms with Crippen LogP contribution in [0.2, 0.25) is 0 Å². The van der Waals surface area contributed by atoms with Gasteiger partial charge in [-0.3, -0.25) is 0 Å². The van der Waals surface area contributed by atoms with E-state index in [0.717, 1.165) is 5.92 Å². The third kappa shape index (κ3) is 2.48. The molecular formula is C11H23N. The number of hydrogen-bond acceptors (Lipinski definition) is 1. The highest BCUT2D eigenvalue weighted by atomic mass is 14.9. The monoisotopic (exact) mass is 169 g/mol. The Kier molecular flexibility index (Phi) is 3.57. The zero-order valence-electron chi connectivity index (χ0n) is 8.82. The van der Waals surface area contributed by atoms with Crippen molar-refractivity contribution in [2.45, 2.75) is 57.9 Å². The van der Waals surface area contributed by atoms with E-state index in [9.17, 15) is 0 Å². The van der Waals surface area contributed by atoms with Crippen LogP contribution >= 0.6 is 0 Å². The lowest BCUT2D eigenvalue weighted by Crippen LogP contribution is -2.43. The topological polar surface area (TPSA) is 12.0 Å². The molecule has 1 aliphatic rings. The molecule has 1 fully saturated rings. The molecule has 1 rings (SSSR count). The van der Waals surface area contributed by atoms with Crippen LogP contribution in [-0.4, -0.2) is 12.6 Å². The van der Waals surface area contributed by atoms with Crippen LogP contribution in [0.25, 0.3) is 0 Å². The van der Waals surface area contributed by atoms with Crippen molar-refractivity contribution in [3.63, 3.8) is 0 Å². The zero-order valence-corrected chi connectivity index (χ0v) is 8.82. The Balaban J connectivity index is 2.47. The molecule has 0 aliphatic heterocycles. The van der Waals surface area contributed by atoms with Gasteiger partial charge in [0, 0.05) is 5.54 Å². The second kappa shape index (κ2) is 4.27. The van der Waals surface area contributed by atoms with Gasteiger partial charge >= 0.3 is 0 Å². The Morgan fingerprint density at radius 3 is 1.92 bits per heavy atom. The molecule has 0 unspecified atom stereocenters. The molecule has 72 valence electrons. The molecular weight excluding hydrogens is 146 g/mol. The van der Waals surface area contributed by atoms with Crippen molar-refractivity contribution in [2.24, 2.45) is 5.92 Å². The van der Waals surface area contributed by atoms with E-state index in [1.807, 2.05) is 0 Å². The molecule has 0 spiro atoms. The lowest BCUT2D eigenvalue weighted by molar-refractivity contribution is 0.243. The molecule has 1 aliphatic carbocycles. The van der Waals surface area contributed by atoms with Gasteiger partial charge in [0.1, 0.15) is 0 Å². The van der Waals surface area contributed by atoms with Crippen LogP contribution in [0.4, 0.5) is 0 Å². The van der Waals surface area contributed by atoms with Crippen LogP contribution in [-0.2, 0) is 0 Å². The lowest BCUT2D eigenvalue weighted by atomic mass is 9.82. The normalized spacial score (nSPS) is 22.2. The first-order valence-corrected chi connectivity index (χ1v) is 5.36. The first-order valence-electron chi connectivity index (χ1n) is 5.36. The molecule has 1 nitrogen and oxygen atoms in total. The zero-order chi connectivity index (χ0) is 9.03. The predicted octanol–water partition coefficient (Wildman–Crippen LogP) is 2.95. The summed E-state index contributed by atoms with van der Waals surface area (Å²) in [6, 6.07) is 0. The molecule has 0 aromatic carbocycles. The van der Waals surface area contributed by atoms with Gasteiger partial charge in [0.25, 0.3) is 0 Å². The van der Waals surface area contributed by atoms with E-state index < -0.39 is 0 Å². The Labute approximate surface area is 76.9 Å². The van der Waals surface area contributed by atoms with Crippen molar-refractivity contribution >= 4 is 0 Å². The van der Waals surface area contributed by atoms with E-state index >= 15 is 0 Å². The maximum Gasteiger partial charge on any atom is 0.0150 e. The molecule has 12 heavy (non-hydrogen) atoms. The number of hydrogen-bond donors (Lipinski definition) is 1. The summed E-state index contributed by atoms with van der Waals surface area (Å²) in [7, 11) is 2.09. The minimum absolute atomic E-state index is 0.352. The van der Waals surface area contributed by atoms with Gasteiger partial charge in [-0.05, 0) is 39.7 Å². The van der Waals surface area contributed by atoms with Crippen molar-refractivity contribution in [2.75, 3.05) is 7.05 Å². The van der Waals surface area contributed by atoms with Crippen LogP contribution in [0, 0.1) is 5.92 Å². The third-order valence-electron chi connectivity index (χ3n) is 3.52. The molecule has 0 radical (unpaired) electrons. The summed E-state index contributed by atoms with van der Waals surface area (Å²) in [5, 5.41) is 3.44. The fourth-order valence-corrected chi connectivity index (χ4v) is 2.21. The second-order valence-electron chi connectivity index (χ2n) is 4.66. The van der Waals surface area contributed by atoms with Gasteiger partial charge in [-0.2, -0.15) is 0 Å². The van der Waals surface area contributed by atoms with Crippen LogP contribution in [0.1, 0.15) is 52.4 Å². The van der Waals surface area contributed by atoms with Gasteiger partial charge < -0.3 is 5.32 Å². The first-order chi connectivity index (χ1) is 5.67.